The Kier molecular flexibility index (Phi) is 4.42. The molecule has 10 heteroatoms. The quantitative estimate of drug-likeness (QED) is 0.800. The van der Waals surface area contributed by atoms with Crippen LogP contribution in [0.5, 0.6) is 0 Å². The minimum Gasteiger partial charge on any atom is -0.478 e. The Bertz CT molecular complexity index is 780. The van der Waals surface area contributed by atoms with Gasteiger partial charge in [-0.3, -0.25) is 0 Å². The van der Waals surface area contributed by atoms with E-state index < -0.39 is 51.4 Å². The topological polar surface area (TPSA) is 62.2 Å². The number of carboxylic acids is 1. The van der Waals surface area contributed by atoms with Crippen LogP contribution in [0.1, 0.15) is 15.9 Å². The molecule has 2 aromatic rings. The molecule has 0 spiro atoms. The summed E-state index contributed by atoms with van der Waals surface area (Å²) >= 11 is 5.62. The van der Waals surface area contributed by atoms with E-state index in [-0.39, 0.29) is 0 Å². The van der Waals surface area contributed by atoms with Crippen LogP contribution in [0.2, 0.25) is 5.02 Å². The molecule has 122 valence electrons. The number of halogens is 6. The molecule has 0 aliphatic rings. The maximum Gasteiger partial charge on any atom is 0.417 e. The summed E-state index contributed by atoms with van der Waals surface area (Å²) in [6, 6.07) is 1.92. The fourth-order valence-electron chi connectivity index (χ4n) is 1.65. The number of aromatic carboxylic acids is 1. The Hall–Kier alpha value is -2.42. The summed E-state index contributed by atoms with van der Waals surface area (Å²) in [6.07, 6.45) is -4.27. The number of carbonyl (C=O) groups is 1. The third-order valence-electron chi connectivity index (χ3n) is 2.74. The van der Waals surface area contributed by atoms with Gasteiger partial charge in [0.15, 0.2) is 11.6 Å². The van der Waals surface area contributed by atoms with Gasteiger partial charge in [-0.15, -0.1) is 0 Å². The Morgan fingerprint density at radius 1 is 1.26 bits per heavy atom. The Labute approximate surface area is 130 Å². The van der Waals surface area contributed by atoms with E-state index in [9.17, 15) is 26.7 Å². The second-order valence-electron chi connectivity index (χ2n) is 4.27. The van der Waals surface area contributed by atoms with Crippen molar-refractivity contribution in [3.63, 3.8) is 0 Å². The summed E-state index contributed by atoms with van der Waals surface area (Å²) in [6.45, 7) is 0. The van der Waals surface area contributed by atoms with E-state index in [1.165, 1.54) is 0 Å². The summed E-state index contributed by atoms with van der Waals surface area (Å²) in [4.78, 5) is 14.4. The molecule has 23 heavy (non-hydrogen) atoms. The van der Waals surface area contributed by atoms with Gasteiger partial charge in [-0.1, -0.05) is 11.6 Å². The van der Waals surface area contributed by atoms with Crippen LogP contribution in [-0.4, -0.2) is 16.1 Å². The second kappa shape index (κ2) is 5.99. The van der Waals surface area contributed by atoms with E-state index in [4.69, 9.17) is 16.7 Å². The maximum atomic E-state index is 13.8. The van der Waals surface area contributed by atoms with E-state index in [0.717, 1.165) is 6.07 Å². The van der Waals surface area contributed by atoms with E-state index in [1.807, 2.05) is 0 Å². The summed E-state index contributed by atoms with van der Waals surface area (Å²) in [5, 5.41) is 10.5. The number of hydrogen-bond acceptors (Lipinski definition) is 3. The number of anilines is 2. The number of nitrogens with zero attached hydrogens (tertiary/aromatic N) is 1. The van der Waals surface area contributed by atoms with Gasteiger partial charge in [0.1, 0.15) is 5.82 Å². The maximum absolute atomic E-state index is 13.8. The lowest BCUT2D eigenvalue weighted by Gasteiger charge is -2.13. The zero-order valence-electron chi connectivity index (χ0n) is 10.9. The fraction of sp³-hybridized carbons (Fsp3) is 0.0769. The zero-order valence-corrected chi connectivity index (χ0v) is 11.6. The number of hydrogen-bond donors (Lipinski definition) is 2. The summed E-state index contributed by atoms with van der Waals surface area (Å²) in [7, 11) is 0. The van der Waals surface area contributed by atoms with Crippen molar-refractivity contribution in [2.45, 2.75) is 6.18 Å². The van der Waals surface area contributed by atoms with Crippen LogP contribution in [0.4, 0.5) is 33.5 Å². The Balaban J connectivity index is 2.48. The van der Waals surface area contributed by atoms with Crippen molar-refractivity contribution in [1.82, 2.24) is 4.98 Å². The van der Waals surface area contributed by atoms with E-state index in [2.05, 4.69) is 10.3 Å². The molecule has 0 saturated carbocycles. The predicted octanol–water partition coefficient (Wildman–Crippen LogP) is 4.47. The summed E-state index contributed by atoms with van der Waals surface area (Å²) < 4.78 is 64.5. The summed E-state index contributed by atoms with van der Waals surface area (Å²) in [5.74, 6) is -4.90. The van der Waals surface area contributed by atoms with Gasteiger partial charge in [0.2, 0.25) is 0 Å². The average molecular weight is 353 g/mol. The number of aromatic nitrogens is 1. The van der Waals surface area contributed by atoms with Gasteiger partial charge in [-0.2, -0.15) is 13.2 Å². The highest BCUT2D eigenvalue weighted by Gasteiger charge is 2.31. The van der Waals surface area contributed by atoms with Crippen LogP contribution >= 0.6 is 11.6 Å². The number of alkyl halides is 3. The molecule has 0 unspecified atom stereocenters. The Morgan fingerprint density at radius 2 is 1.91 bits per heavy atom. The van der Waals surface area contributed by atoms with Crippen LogP contribution in [0.3, 0.4) is 0 Å². The van der Waals surface area contributed by atoms with Crippen LogP contribution in [-0.2, 0) is 6.18 Å². The first-order valence-corrected chi connectivity index (χ1v) is 6.20. The van der Waals surface area contributed by atoms with Gasteiger partial charge in [-0.25, -0.2) is 18.6 Å². The first-order chi connectivity index (χ1) is 10.6. The molecule has 1 heterocycles. The molecular formula is C13H6ClF5N2O2. The SMILES string of the molecule is O=C(O)c1ccc(F)c(F)c1Nc1ncc(C(F)(F)F)cc1Cl. The van der Waals surface area contributed by atoms with E-state index in [1.54, 1.807) is 0 Å². The average Bonchev–Trinajstić information content (AvgIpc) is 2.44. The molecule has 0 atom stereocenters. The van der Waals surface area contributed by atoms with E-state index >= 15 is 0 Å². The highest BCUT2D eigenvalue weighted by Crippen LogP contribution is 2.34. The fourth-order valence-corrected chi connectivity index (χ4v) is 1.87. The predicted molar refractivity (Wildman–Crippen MR) is 70.8 cm³/mol. The van der Waals surface area contributed by atoms with Crippen molar-refractivity contribution in [3.8, 4) is 0 Å². The molecule has 0 saturated heterocycles. The molecular weight excluding hydrogens is 347 g/mol. The molecule has 0 amide bonds. The van der Waals surface area contributed by atoms with Crippen molar-refractivity contribution in [1.29, 1.82) is 0 Å². The summed E-state index contributed by atoms with van der Waals surface area (Å²) in [5.41, 5.74) is -2.58. The van der Waals surface area contributed by atoms with Gasteiger partial charge in [-0.05, 0) is 18.2 Å². The molecule has 1 aromatic carbocycles. The molecule has 1 aromatic heterocycles. The van der Waals surface area contributed by atoms with Crippen molar-refractivity contribution in [2.24, 2.45) is 0 Å². The number of nitrogens with one attached hydrogen (secondary N) is 1. The molecule has 0 aliphatic carbocycles. The minimum atomic E-state index is -4.69. The molecule has 4 nitrogen and oxygen atoms in total. The largest absolute Gasteiger partial charge is 0.478 e. The second-order valence-corrected chi connectivity index (χ2v) is 4.67. The number of pyridine rings is 1. The number of carboxylic acid groups (broad SMARTS) is 1. The molecule has 0 bridgehead atoms. The monoisotopic (exact) mass is 352 g/mol. The van der Waals surface area contributed by atoms with Crippen LogP contribution in [0.25, 0.3) is 0 Å². The first kappa shape index (κ1) is 16.9. The van der Waals surface area contributed by atoms with Gasteiger partial charge in [0.25, 0.3) is 0 Å². The van der Waals surface area contributed by atoms with Crippen molar-refractivity contribution in [3.05, 3.63) is 52.2 Å². The molecule has 0 aliphatic heterocycles. The lowest BCUT2D eigenvalue weighted by atomic mass is 10.1. The van der Waals surface area contributed by atoms with Crippen LogP contribution in [0, 0.1) is 11.6 Å². The van der Waals surface area contributed by atoms with Gasteiger partial charge < -0.3 is 10.4 Å². The third kappa shape index (κ3) is 3.50. The molecule has 2 N–H and O–H groups in total. The van der Waals surface area contributed by atoms with Crippen molar-refractivity contribution >= 4 is 29.1 Å². The highest BCUT2D eigenvalue weighted by molar-refractivity contribution is 6.33. The molecule has 2 rings (SSSR count). The van der Waals surface area contributed by atoms with E-state index in [0.29, 0.717) is 18.3 Å². The van der Waals surface area contributed by atoms with Crippen LogP contribution < -0.4 is 5.32 Å². The van der Waals surface area contributed by atoms with Crippen molar-refractivity contribution in [2.75, 3.05) is 5.32 Å². The molecule has 0 radical (unpaired) electrons. The number of benzene rings is 1. The zero-order chi connectivity index (χ0) is 17.4. The molecule has 0 fully saturated rings. The third-order valence-corrected chi connectivity index (χ3v) is 3.03. The van der Waals surface area contributed by atoms with Gasteiger partial charge >= 0.3 is 12.1 Å². The van der Waals surface area contributed by atoms with Crippen LogP contribution in [0.15, 0.2) is 24.4 Å². The Morgan fingerprint density at radius 3 is 2.43 bits per heavy atom. The standard InChI is InChI=1S/C13H6ClF5N2O2/c14-7-3-5(13(17,18)19)4-20-11(7)21-10-6(12(22)23)1-2-8(15)9(10)16/h1-4H,(H,20,21)(H,22,23). The van der Waals surface area contributed by atoms with Gasteiger partial charge in [0.05, 0.1) is 21.8 Å². The lowest BCUT2D eigenvalue weighted by molar-refractivity contribution is -0.137. The smallest absolute Gasteiger partial charge is 0.417 e. The normalized spacial score (nSPS) is 11.4. The minimum absolute atomic E-state index is 0.422. The lowest BCUT2D eigenvalue weighted by Crippen LogP contribution is -2.09. The van der Waals surface area contributed by atoms with Crippen molar-refractivity contribution < 1.29 is 31.9 Å². The first-order valence-electron chi connectivity index (χ1n) is 5.82. The number of rotatable bonds is 3. The van der Waals surface area contributed by atoms with Gasteiger partial charge in [0, 0.05) is 6.20 Å². The highest BCUT2D eigenvalue weighted by atomic mass is 35.5.